The Bertz CT molecular complexity index is 1040. The molecule has 3 rings (SSSR count). The first-order chi connectivity index (χ1) is 14.3. The van der Waals surface area contributed by atoms with Crippen molar-refractivity contribution in [2.24, 2.45) is 5.73 Å². The zero-order valence-electron chi connectivity index (χ0n) is 16.9. The van der Waals surface area contributed by atoms with E-state index in [4.69, 9.17) is 11.5 Å². The third-order valence-corrected chi connectivity index (χ3v) is 4.83. The molecule has 0 spiro atoms. The average Bonchev–Trinajstić information content (AvgIpc) is 2.70. The monoisotopic (exact) mass is 408 g/mol. The molecule has 1 aromatic heterocycles. The minimum Gasteiger partial charge on any atom is -0.369 e. The van der Waals surface area contributed by atoms with Crippen LogP contribution in [0.2, 0.25) is 0 Å². The maximum atomic E-state index is 13.0. The number of carbonyl (C=O) groups excluding carboxylic acids is 1. The van der Waals surface area contributed by atoms with Crippen LogP contribution in [0, 0.1) is 19.7 Å². The maximum Gasteiger partial charge on any atom is 0.223 e. The quantitative estimate of drug-likeness (QED) is 0.446. The molecule has 3 aromatic rings. The Balaban J connectivity index is 1.59. The highest BCUT2D eigenvalue weighted by Crippen LogP contribution is 2.26. The second kappa shape index (κ2) is 9.32. The Hall–Kier alpha value is -3.52. The van der Waals surface area contributed by atoms with Crippen LogP contribution in [0.4, 0.5) is 16.2 Å². The number of anilines is 2. The molecule has 0 radical (unpaired) electrons. The van der Waals surface area contributed by atoms with E-state index in [9.17, 15) is 9.18 Å². The lowest BCUT2D eigenvalue weighted by Gasteiger charge is -2.15. The molecular weight excluding hydrogens is 383 g/mol. The summed E-state index contributed by atoms with van der Waals surface area (Å²) in [6, 6.07) is 13.5. The van der Waals surface area contributed by atoms with Gasteiger partial charge in [0.2, 0.25) is 11.9 Å². The molecule has 1 amide bonds. The normalized spacial score (nSPS) is 11.7. The molecule has 0 aliphatic carbocycles. The summed E-state index contributed by atoms with van der Waals surface area (Å²) in [5, 5.41) is 5.78. The van der Waals surface area contributed by atoms with Crippen molar-refractivity contribution in [2.45, 2.75) is 26.4 Å². The van der Waals surface area contributed by atoms with E-state index in [1.54, 1.807) is 6.07 Å². The highest BCUT2D eigenvalue weighted by Gasteiger charge is 2.11. The predicted octanol–water partition coefficient (Wildman–Crippen LogP) is 3.06. The molecule has 0 fully saturated rings. The van der Waals surface area contributed by atoms with Crippen LogP contribution in [-0.4, -0.2) is 22.4 Å². The first-order valence-electron chi connectivity index (χ1n) is 9.59. The molecule has 156 valence electrons. The summed E-state index contributed by atoms with van der Waals surface area (Å²) in [5.74, 6) is 0.0923. The zero-order chi connectivity index (χ0) is 21.7. The Morgan fingerprint density at radius 2 is 1.87 bits per heavy atom. The molecule has 7 nitrogen and oxygen atoms in total. The molecule has 1 atom stereocenters. The molecular formula is C22H25FN6O. The lowest BCUT2D eigenvalue weighted by molar-refractivity contribution is -0.121. The van der Waals surface area contributed by atoms with E-state index < -0.39 is 6.17 Å². The third kappa shape index (κ3) is 5.30. The van der Waals surface area contributed by atoms with Crippen LogP contribution in [0.5, 0.6) is 0 Å². The highest BCUT2D eigenvalue weighted by molar-refractivity contribution is 5.77. The fourth-order valence-electron chi connectivity index (χ4n) is 3.03. The second-order valence-corrected chi connectivity index (χ2v) is 7.02. The molecule has 30 heavy (non-hydrogen) atoms. The Labute approximate surface area is 174 Å². The van der Waals surface area contributed by atoms with Crippen LogP contribution >= 0.6 is 0 Å². The van der Waals surface area contributed by atoms with Crippen molar-refractivity contribution in [3.63, 3.8) is 0 Å². The fraction of sp³-hybridized carbons (Fsp3) is 0.227. The first kappa shape index (κ1) is 21.2. The number of amides is 1. The molecule has 0 aliphatic rings. The van der Waals surface area contributed by atoms with Gasteiger partial charge < -0.3 is 22.1 Å². The van der Waals surface area contributed by atoms with Crippen LogP contribution in [0.15, 0.2) is 48.5 Å². The number of aryl methyl sites for hydroxylation is 1. The number of rotatable bonds is 7. The van der Waals surface area contributed by atoms with Crippen molar-refractivity contribution in [2.75, 3.05) is 17.6 Å². The van der Waals surface area contributed by atoms with E-state index >= 15 is 0 Å². The summed E-state index contributed by atoms with van der Waals surface area (Å²) >= 11 is 0. The van der Waals surface area contributed by atoms with Gasteiger partial charge in [-0.15, -0.1) is 0 Å². The van der Waals surface area contributed by atoms with Gasteiger partial charge in [0.15, 0.2) is 0 Å². The molecule has 8 heteroatoms. The predicted molar refractivity (Wildman–Crippen MR) is 116 cm³/mol. The van der Waals surface area contributed by atoms with E-state index in [1.807, 2.05) is 32.0 Å². The van der Waals surface area contributed by atoms with Crippen molar-refractivity contribution in [3.05, 3.63) is 71.0 Å². The Kier molecular flexibility index (Phi) is 6.58. The van der Waals surface area contributed by atoms with Gasteiger partial charge in [-0.05, 0) is 42.7 Å². The summed E-state index contributed by atoms with van der Waals surface area (Å²) in [5.41, 5.74) is 16.4. The highest BCUT2D eigenvalue weighted by atomic mass is 19.1. The van der Waals surface area contributed by atoms with Crippen LogP contribution in [0.25, 0.3) is 11.3 Å². The van der Waals surface area contributed by atoms with E-state index in [1.165, 1.54) is 24.3 Å². The molecule has 0 aliphatic heterocycles. The van der Waals surface area contributed by atoms with E-state index in [-0.39, 0.29) is 24.1 Å². The summed E-state index contributed by atoms with van der Waals surface area (Å²) < 4.78 is 13.0. The van der Waals surface area contributed by atoms with Crippen molar-refractivity contribution in [3.8, 4) is 11.3 Å². The average molecular weight is 408 g/mol. The van der Waals surface area contributed by atoms with Gasteiger partial charge in [0.05, 0.1) is 5.69 Å². The number of halogens is 1. The van der Waals surface area contributed by atoms with Crippen molar-refractivity contribution >= 4 is 17.7 Å². The molecule has 1 heterocycles. The van der Waals surface area contributed by atoms with Gasteiger partial charge in [-0.2, -0.15) is 4.98 Å². The smallest absolute Gasteiger partial charge is 0.223 e. The lowest BCUT2D eigenvalue weighted by Crippen LogP contribution is -2.34. The number of aromatic nitrogens is 2. The number of benzene rings is 2. The lowest BCUT2D eigenvalue weighted by atomic mass is 10.0. The Morgan fingerprint density at radius 3 is 2.60 bits per heavy atom. The number of nitrogen functional groups attached to an aromatic ring is 1. The third-order valence-electron chi connectivity index (χ3n) is 4.83. The topological polar surface area (TPSA) is 119 Å². The number of hydrogen-bond acceptors (Lipinski definition) is 6. The molecule has 2 aromatic carbocycles. The van der Waals surface area contributed by atoms with E-state index in [2.05, 4.69) is 20.6 Å². The van der Waals surface area contributed by atoms with E-state index in [0.29, 0.717) is 23.6 Å². The standard InChI is InChI=1S/C22H25FN6O/c1-13-4-3-5-17(14(13)2)18-12-19(28-22(25)27-18)26-11-10-20(30)29-21(24)15-6-8-16(23)9-7-15/h3-9,12,21H,10-11,24H2,1-2H3,(H,29,30)(H3,25,26,27,28). The van der Waals surface area contributed by atoms with Crippen molar-refractivity contribution < 1.29 is 9.18 Å². The number of hydrogen-bond donors (Lipinski definition) is 4. The molecule has 0 saturated carbocycles. The fourth-order valence-corrected chi connectivity index (χ4v) is 3.03. The van der Waals surface area contributed by atoms with Crippen LogP contribution in [0.1, 0.15) is 29.3 Å². The number of nitrogens with zero attached hydrogens (tertiary/aromatic N) is 2. The number of nitrogens with one attached hydrogen (secondary N) is 2. The van der Waals surface area contributed by atoms with Crippen LogP contribution in [-0.2, 0) is 4.79 Å². The summed E-state index contributed by atoms with van der Waals surface area (Å²) in [6.45, 7) is 4.41. The number of nitrogens with two attached hydrogens (primary N) is 2. The number of carbonyl (C=O) groups is 1. The first-order valence-corrected chi connectivity index (χ1v) is 9.59. The summed E-state index contributed by atoms with van der Waals surface area (Å²) in [7, 11) is 0. The Morgan fingerprint density at radius 1 is 1.13 bits per heavy atom. The molecule has 6 N–H and O–H groups in total. The van der Waals surface area contributed by atoms with Gasteiger partial charge >= 0.3 is 0 Å². The van der Waals surface area contributed by atoms with E-state index in [0.717, 1.165) is 16.7 Å². The van der Waals surface area contributed by atoms with Crippen LogP contribution < -0.4 is 22.1 Å². The van der Waals surface area contributed by atoms with Gasteiger partial charge in [0, 0.05) is 24.6 Å². The van der Waals surface area contributed by atoms with Gasteiger partial charge in [-0.25, -0.2) is 9.37 Å². The zero-order valence-corrected chi connectivity index (χ0v) is 16.9. The van der Waals surface area contributed by atoms with Gasteiger partial charge in [-0.3, -0.25) is 4.79 Å². The molecule has 0 bridgehead atoms. The van der Waals surface area contributed by atoms with Crippen LogP contribution in [0.3, 0.4) is 0 Å². The van der Waals surface area contributed by atoms with Crippen molar-refractivity contribution in [1.82, 2.24) is 15.3 Å². The van der Waals surface area contributed by atoms with Crippen molar-refractivity contribution in [1.29, 1.82) is 0 Å². The maximum absolute atomic E-state index is 13.0. The second-order valence-electron chi connectivity index (χ2n) is 7.02. The summed E-state index contributed by atoms with van der Waals surface area (Å²) in [6.07, 6.45) is -0.527. The minimum atomic E-state index is -0.705. The van der Waals surface area contributed by atoms with Gasteiger partial charge in [-0.1, -0.05) is 30.3 Å². The van der Waals surface area contributed by atoms with Gasteiger partial charge in [0.1, 0.15) is 17.8 Å². The molecule has 1 unspecified atom stereocenters. The minimum absolute atomic E-state index is 0.152. The van der Waals surface area contributed by atoms with Gasteiger partial charge in [0.25, 0.3) is 0 Å². The SMILES string of the molecule is Cc1cccc(-c2cc(NCCC(=O)NC(N)c3ccc(F)cc3)nc(N)n2)c1C. The molecule has 0 saturated heterocycles. The largest absolute Gasteiger partial charge is 0.369 e. The summed E-state index contributed by atoms with van der Waals surface area (Å²) in [4.78, 5) is 20.7.